The lowest BCUT2D eigenvalue weighted by atomic mass is 10.1. The minimum Gasteiger partial charge on any atom is -0.486 e. The lowest BCUT2D eigenvalue weighted by molar-refractivity contribution is 0.0468. The highest BCUT2D eigenvalue weighted by atomic mass is 32.1. The lowest BCUT2D eigenvalue weighted by Crippen LogP contribution is -2.05. The molecule has 0 saturated carbocycles. The Morgan fingerprint density at radius 1 is 1.08 bits per heavy atom. The number of nitrogens with zero attached hydrogens (tertiary/aromatic N) is 1. The number of thiazole rings is 1. The van der Waals surface area contributed by atoms with Crippen LogP contribution in [0.15, 0.2) is 53.9 Å². The quantitative estimate of drug-likeness (QED) is 0.640. The predicted octanol–water partition coefficient (Wildman–Crippen LogP) is 3.71. The zero-order valence-corrected chi connectivity index (χ0v) is 14.5. The number of hydrogen-bond acceptors (Lipinski definition) is 6. The summed E-state index contributed by atoms with van der Waals surface area (Å²) in [5.74, 6) is -0.214. The van der Waals surface area contributed by atoms with E-state index in [1.54, 1.807) is 41.8 Å². The van der Waals surface area contributed by atoms with Crippen LogP contribution in [0.5, 0.6) is 5.75 Å². The van der Waals surface area contributed by atoms with E-state index in [0.717, 1.165) is 10.6 Å². The molecule has 2 aromatic carbocycles. The number of aliphatic hydroxyl groups excluding tert-OH is 1. The van der Waals surface area contributed by atoms with Crippen molar-refractivity contribution in [2.45, 2.75) is 19.8 Å². The van der Waals surface area contributed by atoms with E-state index in [4.69, 9.17) is 14.6 Å². The van der Waals surface area contributed by atoms with Crippen LogP contribution in [0, 0.1) is 5.82 Å². The third-order valence-electron chi connectivity index (χ3n) is 3.50. The topological polar surface area (TPSA) is 68.7 Å². The van der Waals surface area contributed by atoms with Crippen LogP contribution in [0.2, 0.25) is 0 Å². The average Bonchev–Trinajstić information content (AvgIpc) is 3.13. The summed E-state index contributed by atoms with van der Waals surface area (Å²) in [5.41, 5.74) is 1.78. The molecule has 0 spiro atoms. The van der Waals surface area contributed by atoms with E-state index in [0.29, 0.717) is 17.0 Å². The molecule has 3 aromatic rings. The van der Waals surface area contributed by atoms with Gasteiger partial charge < -0.3 is 14.6 Å². The third-order valence-corrected chi connectivity index (χ3v) is 4.37. The molecule has 0 aliphatic heterocycles. The van der Waals surface area contributed by atoms with Crippen molar-refractivity contribution in [3.63, 3.8) is 0 Å². The zero-order chi connectivity index (χ0) is 18.4. The molecule has 0 fully saturated rings. The van der Waals surface area contributed by atoms with Gasteiger partial charge in [-0.1, -0.05) is 12.1 Å². The van der Waals surface area contributed by atoms with Crippen LogP contribution in [0.3, 0.4) is 0 Å². The second kappa shape index (κ2) is 8.55. The molecule has 0 aliphatic carbocycles. The molecule has 0 amide bonds. The Morgan fingerprint density at radius 3 is 2.50 bits per heavy atom. The molecule has 0 unspecified atom stereocenters. The van der Waals surface area contributed by atoms with Crippen LogP contribution in [-0.4, -0.2) is 16.1 Å². The number of rotatable bonds is 7. The first-order valence-electron chi connectivity index (χ1n) is 7.82. The van der Waals surface area contributed by atoms with Crippen LogP contribution in [0.4, 0.5) is 4.39 Å². The molecular weight excluding hydrogens is 357 g/mol. The maximum atomic E-state index is 12.8. The lowest BCUT2D eigenvalue weighted by Gasteiger charge is -2.04. The van der Waals surface area contributed by atoms with Crippen LogP contribution < -0.4 is 4.74 Å². The third kappa shape index (κ3) is 4.87. The number of aliphatic hydroxyl groups is 1. The summed E-state index contributed by atoms with van der Waals surface area (Å²) in [5, 5.41) is 11.5. The van der Waals surface area contributed by atoms with Gasteiger partial charge in [-0.05, 0) is 42.0 Å². The highest BCUT2D eigenvalue weighted by Gasteiger charge is 2.09. The molecule has 0 atom stereocenters. The first-order valence-corrected chi connectivity index (χ1v) is 8.70. The Hall–Kier alpha value is -2.77. The molecule has 7 heteroatoms. The van der Waals surface area contributed by atoms with Gasteiger partial charge in [0, 0.05) is 5.38 Å². The Kier molecular flexibility index (Phi) is 5.93. The second-order valence-electron chi connectivity index (χ2n) is 5.41. The fourth-order valence-corrected chi connectivity index (χ4v) is 2.82. The van der Waals surface area contributed by atoms with E-state index in [1.165, 1.54) is 23.5 Å². The molecule has 1 N–H and O–H groups in total. The number of carbonyl (C=O) groups excluding carboxylic acids is 1. The average molecular weight is 373 g/mol. The van der Waals surface area contributed by atoms with E-state index in [2.05, 4.69) is 4.98 Å². The van der Waals surface area contributed by atoms with Crippen molar-refractivity contribution in [3.8, 4) is 5.75 Å². The van der Waals surface area contributed by atoms with Crippen molar-refractivity contribution in [2.75, 3.05) is 0 Å². The van der Waals surface area contributed by atoms with Crippen molar-refractivity contribution < 1.29 is 23.8 Å². The van der Waals surface area contributed by atoms with E-state index < -0.39 is 5.97 Å². The minimum absolute atomic E-state index is 0.0631. The van der Waals surface area contributed by atoms with Gasteiger partial charge in [0.1, 0.15) is 29.8 Å². The van der Waals surface area contributed by atoms with E-state index in [1.807, 2.05) is 0 Å². The SMILES string of the molecule is O=C(OCc1csc(COc2ccc(F)cc2)n1)c1ccc(CO)cc1. The van der Waals surface area contributed by atoms with Gasteiger partial charge in [0.05, 0.1) is 17.9 Å². The molecular formula is C19H16FNO4S. The standard InChI is InChI=1S/C19H16FNO4S/c20-15-5-7-17(8-6-15)24-11-18-21-16(12-26-18)10-25-19(23)14-3-1-13(9-22)2-4-14/h1-8,12,22H,9-11H2. The van der Waals surface area contributed by atoms with Gasteiger partial charge in [0.15, 0.2) is 0 Å². The Balaban J connectivity index is 1.49. The Bertz CT molecular complexity index is 862. The first-order chi connectivity index (χ1) is 12.6. The maximum Gasteiger partial charge on any atom is 0.338 e. The fourth-order valence-electron chi connectivity index (χ4n) is 2.13. The maximum absolute atomic E-state index is 12.8. The molecule has 0 radical (unpaired) electrons. The van der Waals surface area contributed by atoms with Gasteiger partial charge in [-0.25, -0.2) is 14.2 Å². The zero-order valence-electron chi connectivity index (χ0n) is 13.7. The van der Waals surface area contributed by atoms with Crippen molar-refractivity contribution >= 4 is 17.3 Å². The molecule has 0 bridgehead atoms. The van der Waals surface area contributed by atoms with Crippen LogP contribution in [0.1, 0.15) is 26.6 Å². The normalized spacial score (nSPS) is 10.5. The molecule has 0 aliphatic rings. The van der Waals surface area contributed by atoms with Gasteiger partial charge in [-0.15, -0.1) is 11.3 Å². The highest BCUT2D eigenvalue weighted by molar-refractivity contribution is 7.09. The summed E-state index contributed by atoms with van der Waals surface area (Å²) in [6.45, 7) is 0.247. The van der Waals surface area contributed by atoms with E-state index in [9.17, 15) is 9.18 Å². The van der Waals surface area contributed by atoms with Gasteiger partial charge in [-0.2, -0.15) is 0 Å². The van der Waals surface area contributed by atoms with E-state index in [-0.39, 0.29) is 25.6 Å². The number of halogens is 1. The van der Waals surface area contributed by atoms with E-state index >= 15 is 0 Å². The van der Waals surface area contributed by atoms with Crippen LogP contribution >= 0.6 is 11.3 Å². The number of ether oxygens (including phenoxy) is 2. The second-order valence-corrected chi connectivity index (χ2v) is 6.35. The summed E-state index contributed by atoms with van der Waals surface area (Å²) < 4.78 is 23.6. The minimum atomic E-state index is -0.452. The Labute approximate surface area is 153 Å². The molecule has 3 rings (SSSR count). The van der Waals surface area contributed by atoms with Gasteiger partial charge in [-0.3, -0.25) is 0 Å². The summed E-state index contributed by atoms with van der Waals surface area (Å²) >= 11 is 1.40. The fraction of sp³-hybridized carbons (Fsp3) is 0.158. The number of hydrogen-bond donors (Lipinski definition) is 1. The smallest absolute Gasteiger partial charge is 0.338 e. The van der Waals surface area contributed by atoms with Crippen molar-refractivity contribution in [2.24, 2.45) is 0 Å². The van der Waals surface area contributed by atoms with Crippen LogP contribution in [0.25, 0.3) is 0 Å². The molecule has 1 heterocycles. The van der Waals surface area contributed by atoms with Gasteiger partial charge in [0.25, 0.3) is 0 Å². The summed E-state index contributed by atoms with van der Waals surface area (Å²) in [6.07, 6.45) is 0. The number of carbonyl (C=O) groups is 1. The number of aromatic nitrogens is 1. The summed E-state index contributed by atoms with van der Waals surface area (Å²) in [7, 11) is 0. The van der Waals surface area contributed by atoms with Gasteiger partial charge in [0.2, 0.25) is 0 Å². The first kappa shape index (κ1) is 18.0. The van der Waals surface area contributed by atoms with Crippen LogP contribution in [-0.2, 0) is 24.6 Å². The molecule has 1 aromatic heterocycles. The number of esters is 1. The molecule has 26 heavy (non-hydrogen) atoms. The molecule has 134 valence electrons. The predicted molar refractivity (Wildman–Crippen MR) is 94.3 cm³/mol. The molecule has 0 saturated heterocycles. The number of benzene rings is 2. The van der Waals surface area contributed by atoms with Gasteiger partial charge >= 0.3 is 5.97 Å². The monoisotopic (exact) mass is 373 g/mol. The summed E-state index contributed by atoms with van der Waals surface area (Å²) in [6, 6.07) is 12.3. The largest absolute Gasteiger partial charge is 0.486 e. The molecule has 5 nitrogen and oxygen atoms in total. The van der Waals surface area contributed by atoms with Crippen molar-refractivity contribution in [1.29, 1.82) is 0 Å². The highest BCUT2D eigenvalue weighted by Crippen LogP contribution is 2.17. The van der Waals surface area contributed by atoms with Crippen molar-refractivity contribution in [3.05, 3.63) is 81.6 Å². The summed E-state index contributed by atoms with van der Waals surface area (Å²) in [4.78, 5) is 16.3. The van der Waals surface area contributed by atoms with Crippen molar-refractivity contribution in [1.82, 2.24) is 4.98 Å². The Morgan fingerprint density at radius 2 is 1.81 bits per heavy atom.